The van der Waals surface area contributed by atoms with Crippen molar-refractivity contribution in [3.63, 3.8) is 0 Å². The molecule has 5 saturated heterocycles. The summed E-state index contributed by atoms with van der Waals surface area (Å²) in [4.78, 5) is 39.8. The third kappa shape index (κ3) is 15.7. The zero-order chi connectivity index (χ0) is 52.8. The Bertz CT molecular complexity index is 1750. The molecule has 0 aliphatic carbocycles. The van der Waals surface area contributed by atoms with E-state index in [2.05, 4.69) is 6.92 Å². The van der Waals surface area contributed by atoms with Crippen LogP contribution in [0.1, 0.15) is 145 Å². The van der Waals surface area contributed by atoms with Crippen molar-refractivity contribution in [1.82, 2.24) is 0 Å². The van der Waals surface area contributed by atoms with Gasteiger partial charge in [0.05, 0.1) is 31.0 Å². The zero-order valence-corrected chi connectivity index (χ0v) is 43.2. The summed E-state index contributed by atoms with van der Waals surface area (Å²) in [6.07, 6.45) is -17.2. The van der Waals surface area contributed by atoms with Crippen molar-refractivity contribution in [1.29, 1.82) is 0 Å². The first-order valence-corrected chi connectivity index (χ1v) is 26.2. The van der Waals surface area contributed by atoms with Crippen LogP contribution in [0.4, 0.5) is 0 Å². The molecule has 5 heterocycles. The number of allylic oxidation sites excluding steroid dienone is 2. The van der Waals surface area contributed by atoms with E-state index in [4.69, 9.17) is 52.1 Å². The molecule has 0 spiro atoms. The maximum atomic E-state index is 13.7. The first kappa shape index (κ1) is 60.2. The van der Waals surface area contributed by atoms with Gasteiger partial charge in [0, 0.05) is 17.6 Å². The van der Waals surface area contributed by atoms with E-state index in [1.807, 2.05) is 0 Å². The molecule has 5 fully saturated rings. The lowest BCUT2D eigenvalue weighted by atomic mass is 9.95. The number of aliphatic hydroxyl groups excluding tert-OH is 7. The van der Waals surface area contributed by atoms with Gasteiger partial charge >= 0.3 is 17.9 Å². The SMILES string of the molecule is C/C=C(\C)C(=O)O[C@@H]1[C@H](O)[C@@H](O)[C@H](O[C@@H]2[C@@H](O)[C@@H](OC(=O)/C(C)=C/C)[C@H](O[C@H]3[C@@H]4O[C@H]5[C@H](O[C@@H](CCCCCC)CCCCCCCCCC(=O)O[C@H]3[C@H](O)[C@@H](CO)O4)O[C@H](C)[C@@H](O)[C@@H]5O)O[C@H]2C)O[C@@H]1C. The minimum atomic E-state index is -1.86. The lowest BCUT2D eigenvalue weighted by molar-refractivity contribution is -0.399. The Labute approximate surface area is 423 Å². The highest BCUT2D eigenvalue weighted by Gasteiger charge is 2.57. The molecule has 0 aromatic carbocycles. The van der Waals surface area contributed by atoms with E-state index in [0.717, 1.165) is 64.2 Å². The van der Waals surface area contributed by atoms with E-state index in [9.17, 15) is 50.1 Å². The number of hydrogen-bond acceptors (Lipinski definition) is 21. The van der Waals surface area contributed by atoms with E-state index in [1.165, 1.54) is 39.8 Å². The molecule has 5 rings (SSSR count). The standard InChI is InChI=1S/C51H84O21/c1-9-12-13-19-22-31-23-20-17-15-14-16-18-21-24-33(53)67-42-35(55)32(25-52)66-51(71-43-36(56)34(54)28(6)62-49(43)65-31)45(42)72-50-44(69-47(61)27(5)11-3)39(59)41(30(8)64-50)70-48-38(58)37(57)40(29(7)63-48)68-46(60)26(4)10-2/h10-11,28-32,34-45,48-52,54-59H,9,12-25H2,1-8H3/b26-10+,27-11+/t28-,29-,30+,31+,32-,34-,35-,36+,37-,38-,39-,40+,41+,42+,43-,44-,45-,48+,49+,50+,51+/m1/s1. The quantitative estimate of drug-likeness (QED) is 0.0570. The van der Waals surface area contributed by atoms with Crippen molar-refractivity contribution >= 4 is 17.9 Å². The molecule has 0 unspecified atom stereocenters. The number of carbonyl (C=O) groups is 3. The summed E-state index contributed by atoms with van der Waals surface area (Å²) in [6, 6.07) is 0. The van der Waals surface area contributed by atoms with Crippen LogP contribution >= 0.6 is 0 Å². The Morgan fingerprint density at radius 1 is 0.583 bits per heavy atom. The van der Waals surface area contributed by atoms with Gasteiger partial charge in [-0.15, -0.1) is 0 Å². The maximum absolute atomic E-state index is 13.7. The summed E-state index contributed by atoms with van der Waals surface area (Å²) >= 11 is 0. The molecule has 0 aromatic rings. The summed E-state index contributed by atoms with van der Waals surface area (Å²) in [5, 5.41) is 79.9. The van der Waals surface area contributed by atoms with Gasteiger partial charge in [-0.25, -0.2) is 9.59 Å². The number of rotatable bonds is 14. The van der Waals surface area contributed by atoms with Gasteiger partial charge in [0.2, 0.25) is 0 Å². The Balaban J connectivity index is 1.51. The second kappa shape index (κ2) is 29.0. The number of hydrogen-bond donors (Lipinski definition) is 7. The highest BCUT2D eigenvalue weighted by molar-refractivity contribution is 5.88. The molecule has 0 aromatic heterocycles. The van der Waals surface area contributed by atoms with E-state index >= 15 is 0 Å². The van der Waals surface area contributed by atoms with Gasteiger partial charge in [0.15, 0.2) is 49.6 Å². The van der Waals surface area contributed by atoms with Crippen molar-refractivity contribution in [2.75, 3.05) is 6.61 Å². The van der Waals surface area contributed by atoms with E-state index < -0.39 is 147 Å². The molecule has 5 aliphatic rings. The highest BCUT2D eigenvalue weighted by atomic mass is 16.8. The lowest BCUT2D eigenvalue weighted by Crippen LogP contribution is -2.68. The summed E-state index contributed by atoms with van der Waals surface area (Å²) < 4.78 is 67.7. The molecule has 21 nitrogen and oxygen atoms in total. The smallest absolute Gasteiger partial charge is 0.333 e. The van der Waals surface area contributed by atoms with Crippen LogP contribution in [0.2, 0.25) is 0 Å². The van der Waals surface area contributed by atoms with Gasteiger partial charge in [-0.05, 0) is 67.7 Å². The molecule has 414 valence electrons. The van der Waals surface area contributed by atoms with Crippen LogP contribution in [0.15, 0.2) is 23.3 Å². The molecule has 5 aliphatic heterocycles. The molecule has 0 saturated carbocycles. The van der Waals surface area contributed by atoms with Gasteiger partial charge in [0.25, 0.3) is 0 Å². The highest BCUT2D eigenvalue weighted by Crippen LogP contribution is 2.38. The first-order valence-electron chi connectivity index (χ1n) is 26.2. The third-order valence-electron chi connectivity index (χ3n) is 14.4. The predicted molar refractivity (Wildman–Crippen MR) is 253 cm³/mol. The number of unbranched alkanes of at least 4 members (excludes halogenated alkanes) is 3. The van der Waals surface area contributed by atoms with Gasteiger partial charge in [-0.3, -0.25) is 4.79 Å². The minimum Gasteiger partial charge on any atom is -0.456 e. The van der Waals surface area contributed by atoms with Crippen LogP contribution in [-0.4, -0.2) is 189 Å². The number of carbonyl (C=O) groups excluding carboxylic acids is 3. The zero-order valence-electron chi connectivity index (χ0n) is 43.2. The van der Waals surface area contributed by atoms with Crippen molar-refractivity contribution in [3.05, 3.63) is 23.3 Å². The second-order valence-corrected chi connectivity index (χ2v) is 19.9. The average Bonchev–Trinajstić information content (AvgIpc) is 3.35. The Hall–Kier alpha value is -2.71. The number of esters is 3. The summed E-state index contributed by atoms with van der Waals surface area (Å²) in [7, 11) is 0. The number of ether oxygens (including phenoxy) is 11. The summed E-state index contributed by atoms with van der Waals surface area (Å²) in [6.45, 7) is 12.1. The topological polar surface area (TPSA) is 294 Å². The normalized spacial score (nSPS) is 41.4. The molecule has 21 atom stereocenters. The fourth-order valence-electron chi connectivity index (χ4n) is 9.52. The molecular weight excluding hydrogens is 949 g/mol. The van der Waals surface area contributed by atoms with Crippen molar-refractivity contribution in [3.8, 4) is 0 Å². The van der Waals surface area contributed by atoms with Crippen LogP contribution in [0, 0.1) is 0 Å². The lowest BCUT2D eigenvalue weighted by Gasteiger charge is -2.50. The minimum absolute atomic E-state index is 0.0421. The van der Waals surface area contributed by atoms with Crippen molar-refractivity contribution in [2.45, 2.75) is 274 Å². The van der Waals surface area contributed by atoms with Crippen molar-refractivity contribution < 1.29 is 102 Å². The fourth-order valence-corrected chi connectivity index (χ4v) is 9.52. The van der Waals surface area contributed by atoms with Crippen LogP contribution in [-0.2, 0) is 66.5 Å². The summed E-state index contributed by atoms with van der Waals surface area (Å²) in [5.74, 6) is -2.38. The molecule has 0 radical (unpaired) electrons. The van der Waals surface area contributed by atoms with Crippen LogP contribution in [0.25, 0.3) is 0 Å². The summed E-state index contributed by atoms with van der Waals surface area (Å²) in [5.41, 5.74) is 0.378. The molecule has 0 amide bonds. The Morgan fingerprint density at radius 2 is 1.18 bits per heavy atom. The predicted octanol–water partition coefficient (Wildman–Crippen LogP) is 2.81. The molecule has 2 bridgehead atoms. The van der Waals surface area contributed by atoms with Crippen molar-refractivity contribution in [2.24, 2.45) is 0 Å². The molecule has 72 heavy (non-hydrogen) atoms. The Kier molecular flexibility index (Phi) is 24.2. The maximum Gasteiger partial charge on any atom is 0.333 e. The van der Waals surface area contributed by atoms with Gasteiger partial charge in [-0.2, -0.15) is 0 Å². The third-order valence-corrected chi connectivity index (χ3v) is 14.4. The van der Waals surface area contributed by atoms with Gasteiger partial charge in [0.1, 0.15) is 54.9 Å². The number of fused-ring (bicyclic) bond motifs is 3. The fraction of sp³-hybridized carbons (Fsp3) is 0.863. The first-order chi connectivity index (χ1) is 34.3. The van der Waals surface area contributed by atoms with Gasteiger partial charge < -0.3 is 87.9 Å². The Morgan fingerprint density at radius 3 is 1.82 bits per heavy atom. The van der Waals surface area contributed by atoms with Crippen LogP contribution in [0.5, 0.6) is 0 Å². The molecular formula is C51H84O21. The monoisotopic (exact) mass is 1030 g/mol. The molecule has 21 heteroatoms. The number of aliphatic hydroxyl groups is 7. The van der Waals surface area contributed by atoms with Gasteiger partial charge in [-0.1, -0.05) is 83.3 Å². The average molecular weight is 1030 g/mol. The molecule has 7 N–H and O–H groups in total. The largest absolute Gasteiger partial charge is 0.456 e. The van der Waals surface area contributed by atoms with E-state index in [1.54, 1.807) is 20.8 Å². The van der Waals surface area contributed by atoms with E-state index in [0.29, 0.717) is 19.3 Å². The van der Waals surface area contributed by atoms with E-state index in [-0.39, 0.29) is 23.7 Å². The van der Waals surface area contributed by atoms with Crippen LogP contribution < -0.4 is 0 Å². The second-order valence-electron chi connectivity index (χ2n) is 19.9. The van der Waals surface area contributed by atoms with Crippen LogP contribution in [0.3, 0.4) is 0 Å².